The molecule has 4 nitrogen and oxygen atoms in total. The minimum atomic E-state index is 0.976. The summed E-state index contributed by atoms with van der Waals surface area (Å²) in [5, 5.41) is 13.3. The number of H-pyrrole nitrogens is 2. The van der Waals surface area contributed by atoms with Gasteiger partial charge >= 0.3 is 0 Å². The first-order chi connectivity index (χ1) is 5.95. The summed E-state index contributed by atoms with van der Waals surface area (Å²) in [6.45, 7) is 0. The Morgan fingerprint density at radius 3 is 1.75 bits per heavy atom. The van der Waals surface area contributed by atoms with E-state index in [1.165, 1.54) is 0 Å². The lowest BCUT2D eigenvalue weighted by molar-refractivity contribution is 1.08. The third kappa shape index (κ3) is 1.42. The second-order valence-electron chi connectivity index (χ2n) is 2.36. The maximum atomic E-state index is 3.82. The Morgan fingerprint density at radius 1 is 0.917 bits per heavy atom. The highest BCUT2D eigenvalue weighted by Crippen LogP contribution is 2.01. The highest BCUT2D eigenvalue weighted by Gasteiger charge is 1.87. The van der Waals surface area contributed by atoms with Crippen LogP contribution in [0.3, 0.4) is 0 Å². The molecular weight excluding hydrogens is 152 g/mol. The van der Waals surface area contributed by atoms with E-state index in [-0.39, 0.29) is 0 Å². The molecule has 2 aromatic rings. The van der Waals surface area contributed by atoms with Crippen molar-refractivity contribution < 1.29 is 0 Å². The molecule has 0 amide bonds. The molecule has 0 aliphatic carbocycles. The van der Waals surface area contributed by atoms with E-state index in [4.69, 9.17) is 0 Å². The molecule has 2 aromatic heterocycles. The van der Waals surface area contributed by atoms with Crippen LogP contribution in [0.15, 0.2) is 24.5 Å². The normalized spacial score (nSPS) is 11.0. The number of nitrogens with zero attached hydrogens (tertiary/aromatic N) is 2. The van der Waals surface area contributed by atoms with Crippen LogP contribution in [-0.4, -0.2) is 20.4 Å². The van der Waals surface area contributed by atoms with E-state index in [1.807, 2.05) is 24.3 Å². The first-order valence-corrected chi connectivity index (χ1v) is 3.62. The van der Waals surface area contributed by atoms with Gasteiger partial charge in [-0.15, -0.1) is 0 Å². The first kappa shape index (κ1) is 6.84. The van der Waals surface area contributed by atoms with Crippen molar-refractivity contribution in [3.8, 4) is 0 Å². The molecule has 0 aromatic carbocycles. The van der Waals surface area contributed by atoms with E-state index >= 15 is 0 Å². The molecule has 0 fully saturated rings. The summed E-state index contributed by atoms with van der Waals surface area (Å²) in [7, 11) is 0. The van der Waals surface area contributed by atoms with Gasteiger partial charge in [0.1, 0.15) is 0 Å². The number of hydrogen-bond acceptors (Lipinski definition) is 2. The van der Waals surface area contributed by atoms with Crippen molar-refractivity contribution in [3.05, 3.63) is 35.9 Å². The van der Waals surface area contributed by atoms with Crippen molar-refractivity contribution in [1.29, 1.82) is 0 Å². The van der Waals surface area contributed by atoms with Crippen LogP contribution in [0.1, 0.15) is 11.4 Å². The second-order valence-corrected chi connectivity index (χ2v) is 2.36. The van der Waals surface area contributed by atoms with Gasteiger partial charge in [0, 0.05) is 12.4 Å². The lowest BCUT2D eigenvalue weighted by Crippen LogP contribution is -1.72. The first-order valence-electron chi connectivity index (χ1n) is 3.62. The quantitative estimate of drug-likeness (QED) is 0.695. The summed E-state index contributed by atoms with van der Waals surface area (Å²) in [5.74, 6) is 0. The van der Waals surface area contributed by atoms with Gasteiger partial charge in [0.15, 0.2) is 0 Å². The van der Waals surface area contributed by atoms with E-state index in [1.54, 1.807) is 12.4 Å². The average molecular weight is 160 g/mol. The predicted molar refractivity (Wildman–Crippen MR) is 46.1 cm³/mol. The van der Waals surface area contributed by atoms with E-state index in [0.717, 1.165) is 11.4 Å². The van der Waals surface area contributed by atoms with Crippen LogP contribution in [0.25, 0.3) is 12.2 Å². The van der Waals surface area contributed by atoms with Crippen molar-refractivity contribution in [2.75, 3.05) is 0 Å². The zero-order valence-corrected chi connectivity index (χ0v) is 6.36. The minimum absolute atomic E-state index is 0.976. The highest BCUT2D eigenvalue weighted by molar-refractivity contribution is 5.65. The third-order valence-electron chi connectivity index (χ3n) is 1.49. The second kappa shape index (κ2) is 3.04. The molecule has 0 aliphatic heterocycles. The smallest absolute Gasteiger partial charge is 0.0578 e. The van der Waals surface area contributed by atoms with Gasteiger partial charge in [0.05, 0.1) is 11.4 Å². The Balaban J connectivity index is 2.14. The Morgan fingerprint density at radius 2 is 1.42 bits per heavy atom. The van der Waals surface area contributed by atoms with Gasteiger partial charge in [-0.05, 0) is 24.3 Å². The zero-order chi connectivity index (χ0) is 8.23. The number of hydrogen-bond donors (Lipinski definition) is 2. The molecule has 60 valence electrons. The minimum Gasteiger partial charge on any atom is -0.278 e. The molecule has 12 heavy (non-hydrogen) atoms. The van der Waals surface area contributed by atoms with Gasteiger partial charge in [-0.25, -0.2) is 0 Å². The Kier molecular flexibility index (Phi) is 1.74. The Bertz CT molecular complexity index is 308. The van der Waals surface area contributed by atoms with Crippen molar-refractivity contribution in [1.82, 2.24) is 20.4 Å². The standard InChI is InChI=1S/C8H8N4/c1(7-3-5-9-11-7)2-8-4-6-10-12-8/h1-6H,(H,9,11)(H,10,12)/b2-1+. The molecule has 0 bridgehead atoms. The topological polar surface area (TPSA) is 57.4 Å². The van der Waals surface area contributed by atoms with Crippen LogP contribution in [-0.2, 0) is 0 Å². The fourth-order valence-electron chi connectivity index (χ4n) is 0.898. The van der Waals surface area contributed by atoms with Crippen molar-refractivity contribution >= 4 is 12.2 Å². The van der Waals surface area contributed by atoms with Gasteiger partial charge in [0.2, 0.25) is 0 Å². The fraction of sp³-hybridized carbons (Fsp3) is 0. The van der Waals surface area contributed by atoms with Crippen LogP contribution in [0.4, 0.5) is 0 Å². The van der Waals surface area contributed by atoms with Crippen LogP contribution in [0.5, 0.6) is 0 Å². The maximum absolute atomic E-state index is 3.82. The molecule has 4 heteroatoms. The SMILES string of the molecule is C(=C\c1ccn[nH]1)/c1ccn[nH]1. The molecule has 2 rings (SSSR count). The third-order valence-corrected chi connectivity index (χ3v) is 1.49. The van der Waals surface area contributed by atoms with Gasteiger partial charge in [-0.1, -0.05) is 0 Å². The summed E-state index contributed by atoms with van der Waals surface area (Å²) >= 11 is 0. The molecule has 2 heterocycles. The summed E-state index contributed by atoms with van der Waals surface area (Å²) < 4.78 is 0. The molecule has 0 saturated carbocycles. The molecule has 0 saturated heterocycles. The lowest BCUT2D eigenvalue weighted by atomic mass is 10.3. The van der Waals surface area contributed by atoms with E-state index in [9.17, 15) is 0 Å². The molecular formula is C8H8N4. The molecule has 2 N–H and O–H groups in total. The lowest BCUT2D eigenvalue weighted by Gasteiger charge is -1.82. The van der Waals surface area contributed by atoms with Crippen molar-refractivity contribution in [2.45, 2.75) is 0 Å². The summed E-state index contributed by atoms with van der Waals surface area (Å²) in [6.07, 6.45) is 7.29. The van der Waals surface area contributed by atoms with Gasteiger partial charge in [-0.2, -0.15) is 10.2 Å². The van der Waals surface area contributed by atoms with Crippen molar-refractivity contribution in [3.63, 3.8) is 0 Å². The molecule has 0 spiro atoms. The Hall–Kier alpha value is -1.84. The molecule has 0 atom stereocenters. The number of rotatable bonds is 2. The zero-order valence-electron chi connectivity index (χ0n) is 6.36. The monoisotopic (exact) mass is 160 g/mol. The maximum Gasteiger partial charge on any atom is 0.0578 e. The van der Waals surface area contributed by atoms with Gasteiger partial charge < -0.3 is 0 Å². The predicted octanol–water partition coefficient (Wildman–Crippen LogP) is 1.30. The Labute approximate surface area is 69.3 Å². The van der Waals surface area contributed by atoms with E-state index < -0.39 is 0 Å². The van der Waals surface area contributed by atoms with Crippen LogP contribution < -0.4 is 0 Å². The largest absolute Gasteiger partial charge is 0.278 e. The average Bonchev–Trinajstić information content (AvgIpc) is 2.74. The summed E-state index contributed by atoms with van der Waals surface area (Å²) in [4.78, 5) is 0. The van der Waals surface area contributed by atoms with E-state index in [0.29, 0.717) is 0 Å². The number of aromatic nitrogens is 4. The molecule has 0 unspecified atom stereocenters. The number of aromatic amines is 2. The van der Waals surface area contributed by atoms with Crippen LogP contribution in [0.2, 0.25) is 0 Å². The van der Waals surface area contributed by atoms with Crippen LogP contribution in [0, 0.1) is 0 Å². The number of nitrogens with one attached hydrogen (secondary N) is 2. The van der Waals surface area contributed by atoms with E-state index in [2.05, 4.69) is 20.4 Å². The summed E-state index contributed by atoms with van der Waals surface area (Å²) in [5.41, 5.74) is 1.95. The van der Waals surface area contributed by atoms with Gasteiger partial charge in [-0.3, -0.25) is 10.2 Å². The summed E-state index contributed by atoms with van der Waals surface area (Å²) in [6, 6.07) is 3.79. The molecule has 0 aliphatic rings. The molecule has 0 radical (unpaired) electrons. The van der Waals surface area contributed by atoms with Crippen LogP contribution >= 0.6 is 0 Å². The highest BCUT2D eigenvalue weighted by atomic mass is 15.1. The fourth-order valence-corrected chi connectivity index (χ4v) is 0.898. The van der Waals surface area contributed by atoms with Gasteiger partial charge in [0.25, 0.3) is 0 Å². The van der Waals surface area contributed by atoms with Crippen molar-refractivity contribution in [2.24, 2.45) is 0 Å².